The summed E-state index contributed by atoms with van der Waals surface area (Å²) in [4.78, 5) is 2.68. The van der Waals surface area contributed by atoms with E-state index in [-0.39, 0.29) is 0 Å². The van der Waals surface area contributed by atoms with Crippen molar-refractivity contribution in [3.63, 3.8) is 0 Å². The van der Waals surface area contributed by atoms with E-state index in [0.29, 0.717) is 11.6 Å². The average Bonchev–Trinajstić information content (AvgIpc) is 2.35. The maximum absolute atomic E-state index is 2.68. The first kappa shape index (κ1) is 9.26. The highest BCUT2D eigenvalue weighted by molar-refractivity contribution is 5.16. The van der Waals surface area contributed by atoms with E-state index in [4.69, 9.17) is 0 Å². The molecule has 0 spiro atoms. The molecule has 74 valence electrons. The van der Waals surface area contributed by atoms with E-state index in [9.17, 15) is 0 Å². The number of fused-ring (bicyclic) bond motifs is 2. The fourth-order valence-electron chi connectivity index (χ4n) is 2.90. The molecule has 0 aromatic rings. The van der Waals surface area contributed by atoms with Crippen molar-refractivity contribution in [3.05, 3.63) is 12.2 Å². The van der Waals surface area contributed by atoms with Gasteiger partial charge in [-0.1, -0.05) is 19.1 Å². The molecule has 2 aliphatic rings. The van der Waals surface area contributed by atoms with Crippen LogP contribution < -0.4 is 0 Å². The van der Waals surface area contributed by atoms with Gasteiger partial charge in [-0.3, -0.25) is 4.90 Å². The number of nitrogens with zero attached hydrogens (tertiary/aromatic N) is 1. The predicted octanol–water partition coefficient (Wildman–Crippen LogP) is 2.82. The van der Waals surface area contributed by atoms with Gasteiger partial charge in [0.15, 0.2) is 0 Å². The zero-order valence-electron chi connectivity index (χ0n) is 9.25. The van der Waals surface area contributed by atoms with Crippen molar-refractivity contribution in [2.45, 2.75) is 58.2 Å². The van der Waals surface area contributed by atoms with E-state index in [1.54, 1.807) is 0 Å². The minimum atomic E-state index is 0.327. The van der Waals surface area contributed by atoms with Gasteiger partial charge in [-0.2, -0.15) is 0 Å². The molecule has 0 aliphatic carbocycles. The van der Waals surface area contributed by atoms with Crippen LogP contribution in [0.4, 0.5) is 0 Å². The molecule has 0 unspecified atom stereocenters. The molecule has 0 aromatic carbocycles. The summed E-state index contributed by atoms with van der Waals surface area (Å²) >= 11 is 0. The minimum Gasteiger partial charge on any atom is -0.285 e. The summed E-state index contributed by atoms with van der Waals surface area (Å²) in [5.41, 5.74) is 0.327. The summed E-state index contributed by atoms with van der Waals surface area (Å²) in [5, 5.41) is 0. The zero-order valence-corrected chi connectivity index (χ0v) is 9.25. The molecule has 2 aliphatic heterocycles. The van der Waals surface area contributed by atoms with Crippen LogP contribution in [-0.2, 0) is 0 Å². The van der Waals surface area contributed by atoms with Gasteiger partial charge in [-0.15, -0.1) is 0 Å². The Labute approximate surface area is 81.8 Å². The van der Waals surface area contributed by atoms with E-state index in [2.05, 4.69) is 44.7 Å². The van der Waals surface area contributed by atoms with Gasteiger partial charge in [-0.25, -0.2) is 0 Å². The Morgan fingerprint density at radius 3 is 2.38 bits per heavy atom. The van der Waals surface area contributed by atoms with Gasteiger partial charge >= 0.3 is 0 Å². The Morgan fingerprint density at radius 1 is 1.15 bits per heavy atom. The Kier molecular flexibility index (Phi) is 2.03. The van der Waals surface area contributed by atoms with Crippen molar-refractivity contribution in [1.82, 2.24) is 4.90 Å². The summed E-state index contributed by atoms with van der Waals surface area (Å²) in [7, 11) is 0. The molecule has 0 saturated carbocycles. The lowest BCUT2D eigenvalue weighted by atomic mass is 9.87. The summed E-state index contributed by atoms with van der Waals surface area (Å²) in [6.45, 7) is 9.38. The predicted molar refractivity (Wildman–Crippen MR) is 56.7 cm³/mol. The molecule has 1 nitrogen and oxygen atoms in total. The highest BCUT2D eigenvalue weighted by Crippen LogP contribution is 2.38. The molecule has 1 fully saturated rings. The van der Waals surface area contributed by atoms with Crippen LogP contribution in [0.25, 0.3) is 0 Å². The third kappa shape index (κ3) is 1.43. The van der Waals surface area contributed by atoms with E-state index in [1.807, 2.05) is 0 Å². The summed E-state index contributed by atoms with van der Waals surface area (Å²) in [6, 6.07) is 1.43. The van der Waals surface area contributed by atoms with Crippen molar-refractivity contribution < 1.29 is 0 Å². The monoisotopic (exact) mass is 179 g/mol. The van der Waals surface area contributed by atoms with Crippen LogP contribution in [0.5, 0.6) is 0 Å². The van der Waals surface area contributed by atoms with Gasteiger partial charge in [0.2, 0.25) is 0 Å². The lowest BCUT2D eigenvalue weighted by molar-refractivity contribution is 0.0284. The number of piperidine rings is 1. The number of rotatable bonds is 0. The number of hydrogen-bond acceptors (Lipinski definition) is 1. The van der Waals surface area contributed by atoms with Crippen LogP contribution in [0.3, 0.4) is 0 Å². The fourth-order valence-corrected chi connectivity index (χ4v) is 2.90. The SMILES string of the molecule is C[C@H]1CC[C@@H]2C=C[C@H]1N2C(C)(C)C. The highest BCUT2D eigenvalue weighted by atomic mass is 15.3. The van der Waals surface area contributed by atoms with Crippen LogP contribution in [-0.4, -0.2) is 22.5 Å². The quantitative estimate of drug-likeness (QED) is 0.517. The van der Waals surface area contributed by atoms with Gasteiger partial charge in [0.05, 0.1) is 0 Å². The van der Waals surface area contributed by atoms with Gasteiger partial charge < -0.3 is 0 Å². The first-order valence-corrected chi connectivity index (χ1v) is 5.47. The van der Waals surface area contributed by atoms with E-state index >= 15 is 0 Å². The summed E-state index contributed by atoms with van der Waals surface area (Å²) in [5.74, 6) is 0.842. The zero-order chi connectivity index (χ0) is 9.64. The first-order chi connectivity index (χ1) is 6.00. The third-order valence-corrected chi connectivity index (χ3v) is 3.48. The Morgan fingerprint density at radius 2 is 1.85 bits per heavy atom. The molecule has 1 heteroatoms. The highest BCUT2D eigenvalue weighted by Gasteiger charge is 2.41. The maximum Gasteiger partial charge on any atom is 0.0315 e. The molecule has 0 N–H and O–H groups in total. The summed E-state index contributed by atoms with van der Waals surface area (Å²) < 4.78 is 0. The van der Waals surface area contributed by atoms with Crippen molar-refractivity contribution in [1.29, 1.82) is 0 Å². The lowest BCUT2D eigenvalue weighted by Gasteiger charge is -2.47. The number of hydrogen-bond donors (Lipinski definition) is 0. The van der Waals surface area contributed by atoms with E-state index in [0.717, 1.165) is 12.0 Å². The average molecular weight is 179 g/mol. The van der Waals surface area contributed by atoms with Crippen LogP contribution in [0.15, 0.2) is 12.2 Å². The second kappa shape index (κ2) is 2.84. The molecule has 3 atom stereocenters. The molecule has 13 heavy (non-hydrogen) atoms. The Balaban J connectivity index is 2.23. The second-order valence-electron chi connectivity index (χ2n) is 5.58. The van der Waals surface area contributed by atoms with E-state index in [1.165, 1.54) is 12.8 Å². The summed E-state index contributed by atoms with van der Waals surface area (Å²) in [6.07, 6.45) is 7.59. The molecule has 1 saturated heterocycles. The molecular formula is C12H21N. The molecule has 2 bridgehead atoms. The Bertz CT molecular complexity index is 224. The third-order valence-electron chi connectivity index (χ3n) is 3.48. The van der Waals surface area contributed by atoms with Crippen LogP contribution >= 0.6 is 0 Å². The van der Waals surface area contributed by atoms with Crippen molar-refractivity contribution in [2.24, 2.45) is 5.92 Å². The largest absolute Gasteiger partial charge is 0.285 e. The van der Waals surface area contributed by atoms with Gasteiger partial charge in [0, 0.05) is 17.6 Å². The second-order valence-corrected chi connectivity index (χ2v) is 5.58. The minimum absolute atomic E-state index is 0.327. The standard InChI is InChI=1S/C12H21N/c1-9-5-6-10-7-8-11(9)13(10)12(2,3)4/h7-11H,5-6H2,1-4H3/t9-,10+,11+/m0/s1. The molecule has 0 amide bonds. The van der Waals surface area contributed by atoms with Crippen molar-refractivity contribution in [2.75, 3.05) is 0 Å². The fraction of sp³-hybridized carbons (Fsp3) is 0.833. The van der Waals surface area contributed by atoms with Crippen LogP contribution in [0.2, 0.25) is 0 Å². The topological polar surface area (TPSA) is 3.24 Å². The van der Waals surface area contributed by atoms with Gasteiger partial charge in [-0.05, 0) is 39.5 Å². The Hall–Kier alpha value is -0.300. The maximum atomic E-state index is 2.68. The van der Waals surface area contributed by atoms with Crippen LogP contribution in [0, 0.1) is 5.92 Å². The van der Waals surface area contributed by atoms with Crippen molar-refractivity contribution in [3.8, 4) is 0 Å². The molecule has 0 radical (unpaired) electrons. The van der Waals surface area contributed by atoms with Gasteiger partial charge in [0.25, 0.3) is 0 Å². The first-order valence-electron chi connectivity index (χ1n) is 5.47. The molecular weight excluding hydrogens is 158 g/mol. The molecule has 2 heterocycles. The van der Waals surface area contributed by atoms with Crippen LogP contribution in [0.1, 0.15) is 40.5 Å². The lowest BCUT2D eigenvalue weighted by Crippen LogP contribution is -2.54. The normalized spacial score (nSPS) is 39.8. The van der Waals surface area contributed by atoms with E-state index < -0.39 is 0 Å². The smallest absolute Gasteiger partial charge is 0.0315 e. The molecule has 2 rings (SSSR count). The molecule has 0 aromatic heterocycles. The van der Waals surface area contributed by atoms with Gasteiger partial charge in [0.1, 0.15) is 0 Å². The van der Waals surface area contributed by atoms with Crippen molar-refractivity contribution >= 4 is 0 Å².